The predicted octanol–water partition coefficient (Wildman–Crippen LogP) is 1.15. The van der Waals surface area contributed by atoms with E-state index >= 15 is 0 Å². The molecule has 1 aromatic rings. The van der Waals surface area contributed by atoms with Gasteiger partial charge in [-0.2, -0.15) is 0 Å². The van der Waals surface area contributed by atoms with E-state index in [9.17, 15) is 4.79 Å². The predicted molar refractivity (Wildman–Crippen MR) is 70.7 cm³/mol. The average Bonchev–Trinajstić information content (AvgIpc) is 2.85. The molecule has 0 aliphatic carbocycles. The summed E-state index contributed by atoms with van der Waals surface area (Å²) in [6.45, 7) is 2.51. The molecule has 1 aliphatic rings. The number of likely N-dealkylation sites (N-methyl/N-ethyl adjacent to an activating group) is 1. The van der Waals surface area contributed by atoms with Crippen molar-refractivity contribution in [3.05, 3.63) is 35.9 Å². The maximum Gasteiger partial charge on any atom is 0.322 e. The van der Waals surface area contributed by atoms with Crippen LogP contribution in [0.2, 0.25) is 0 Å². The highest BCUT2D eigenvalue weighted by Gasteiger charge is 2.27. The number of carbonyl (C=O) groups is 1. The monoisotopic (exact) mass is 248 g/mol. The van der Waals surface area contributed by atoms with Crippen LogP contribution in [0.4, 0.5) is 0 Å². The Bertz CT molecular complexity index is 394. The van der Waals surface area contributed by atoms with Crippen molar-refractivity contribution in [1.29, 1.82) is 0 Å². The highest BCUT2D eigenvalue weighted by molar-refractivity contribution is 5.73. The number of nitrogens with one attached hydrogen (secondary N) is 1. The number of rotatable bonds is 5. The molecule has 0 amide bonds. The molecule has 0 radical (unpaired) electrons. The van der Waals surface area contributed by atoms with Crippen LogP contribution in [0.15, 0.2) is 30.3 Å². The molecule has 2 unspecified atom stereocenters. The van der Waals surface area contributed by atoms with Crippen molar-refractivity contribution in [3.63, 3.8) is 0 Å². The maximum atomic E-state index is 11.0. The minimum Gasteiger partial charge on any atom is -0.480 e. The summed E-state index contributed by atoms with van der Waals surface area (Å²) in [4.78, 5) is 13.2. The SMILES string of the molecule is CNC(CN1CCC(c2ccccc2)C1)C(=O)O. The van der Waals surface area contributed by atoms with Crippen molar-refractivity contribution in [2.75, 3.05) is 26.7 Å². The van der Waals surface area contributed by atoms with Crippen LogP contribution < -0.4 is 5.32 Å². The number of carboxylic acids is 1. The van der Waals surface area contributed by atoms with E-state index < -0.39 is 12.0 Å². The van der Waals surface area contributed by atoms with Crippen LogP contribution in [0.1, 0.15) is 17.9 Å². The molecule has 0 bridgehead atoms. The van der Waals surface area contributed by atoms with Crippen molar-refractivity contribution in [3.8, 4) is 0 Å². The Balaban J connectivity index is 1.91. The number of likely N-dealkylation sites (tertiary alicyclic amines) is 1. The quantitative estimate of drug-likeness (QED) is 0.820. The Morgan fingerprint density at radius 3 is 2.83 bits per heavy atom. The molecule has 1 aromatic carbocycles. The lowest BCUT2D eigenvalue weighted by atomic mass is 9.99. The molecular formula is C14H20N2O2. The molecular weight excluding hydrogens is 228 g/mol. The van der Waals surface area contributed by atoms with Crippen LogP contribution in [-0.2, 0) is 4.79 Å². The number of hydrogen-bond acceptors (Lipinski definition) is 3. The molecule has 1 heterocycles. The molecule has 4 heteroatoms. The van der Waals surface area contributed by atoms with Gasteiger partial charge in [-0.3, -0.25) is 4.79 Å². The summed E-state index contributed by atoms with van der Waals surface area (Å²) < 4.78 is 0. The zero-order chi connectivity index (χ0) is 13.0. The maximum absolute atomic E-state index is 11.0. The first-order valence-corrected chi connectivity index (χ1v) is 6.38. The first-order valence-electron chi connectivity index (χ1n) is 6.38. The number of hydrogen-bond donors (Lipinski definition) is 2. The number of benzene rings is 1. The van der Waals surface area contributed by atoms with Crippen LogP contribution in [0.25, 0.3) is 0 Å². The Morgan fingerprint density at radius 1 is 1.50 bits per heavy atom. The van der Waals surface area contributed by atoms with E-state index in [0.717, 1.165) is 19.5 Å². The van der Waals surface area contributed by atoms with Gasteiger partial charge in [0.05, 0.1) is 0 Å². The van der Waals surface area contributed by atoms with Gasteiger partial charge in [-0.15, -0.1) is 0 Å². The largest absolute Gasteiger partial charge is 0.480 e. The Labute approximate surface area is 108 Å². The lowest BCUT2D eigenvalue weighted by Crippen LogP contribution is -2.43. The van der Waals surface area contributed by atoms with Crippen LogP contribution >= 0.6 is 0 Å². The molecule has 2 atom stereocenters. The summed E-state index contributed by atoms with van der Waals surface area (Å²) in [7, 11) is 1.70. The van der Waals surface area contributed by atoms with Gasteiger partial charge in [-0.25, -0.2) is 0 Å². The van der Waals surface area contributed by atoms with E-state index in [1.54, 1.807) is 7.05 Å². The molecule has 2 N–H and O–H groups in total. The molecule has 2 rings (SSSR count). The smallest absolute Gasteiger partial charge is 0.322 e. The first kappa shape index (κ1) is 13.1. The van der Waals surface area contributed by atoms with Crippen LogP contribution in [-0.4, -0.2) is 48.7 Å². The van der Waals surface area contributed by atoms with Crippen molar-refractivity contribution >= 4 is 5.97 Å². The molecule has 18 heavy (non-hydrogen) atoms. The minimum atomic E-state index is -0.777. The zero-order valence-corrected chi connectivity index (χ0v) is 10.7. The van der Waals surface area contributed by atoms with E-state index in [2.05, 4.69) is 34.5 Å². The van der Waals surface area contributed by atoms with Gasteiger partial charge in [0, 0.05) is 13.1 Å². The van der Waals surface area contributed by atoms with E-state index in [4.69, 9.17) is 5.11 Å². The molecule has 4 nitrogen and oxygen atoms in total. The third-order valence-electron chi connectivity index (χ3n) is 3.63. The van der Waals surface area contributed by atoms with Gasteiger partial charge >= 0.3 is 5.97 Å². The van der Waals surface area contributed by atoms with Gasteiger partial charge in [0.2, 0.25) is 0 Å². The highest BCUT2D eigenvalue weighted by atomic mass is 16.4. The fraction of sp³-hybridized carbons (Fsp3) is 0.500. The third-order valence-corrected chi connectivity index (χ3v) is 3.63. The van der Waals surface area contributed by atoms with Crippen molar-refractivity contribution in [2.45, 2.75) is 18.4 Å². The molecule has 1 aliphatic heterocycles. The Hall–Kier alpha value is -1.39. The summed E-state index contributed by atoms with van der Waals surface area (Å²) in [5.74, 6) is -0.238. The van der Waals surface area contributed by atoms with Crippen molar-refractivity contribution in [2.24, 2.45) is 0 Å². The summed E-state index contributed by atoms with van der Waals surface area (Å²) in [6, 6.07) is 9.98. The number of carboxylic acid groups (broad SMARTS) is 1. The van der Waals surface area contributed by atoms with E-state index in [0.29, 0.717) is 12.5 Å². The molecule has 0 spiro atoms. The molecule has 98 valence electrons. The lowest BCUT2D eigenvalue weighted by molar-refractivity contribution is -0.139. The second kappa shape index (κ2) is 5.98. The zero-order valence-electron chi connectivity index (χ0n) is 10.7. The molecule has 1 saturated heterocycles. The van der Waals surface area contributed by atoms with Crippen LogP contribution in [0, 0.1) is 0 Å². The Kier molecular flexibility index (Phi) is 4.33. The molecule has 0 saturated carbocycles. The average molecular weight is 248 g/mol. The van der Waals surface area contributed by atoms with E-state index in [1.165, 1.54) is 5.56 Å². The van der Waals surface area contributed by atoms with E-state index in [-0.39, 0.29) is 0 Å². The van der Waals surface area contributed by atoms with Crippen molar-refractivity contribution in [1.82, 2.24) is 10.2 Å². The van der Waals surface area contributed by atoms with Crippen molar-refractivity contribution < 1.29 is 9.90 Å². The summed E-state index contributed by atoms with van der Waals surface area (Å²) >= 11 is 0. The molecule has 0 aromatic heterocycles. The van der Waals surface area contributed by atoms with Gasteiger partial charge in [0.1, 0.15) is 6.04 Å². The van der Waals surface area contributed by atoms with Crippen LogP contribution in [0.5, 0.6) is 0 Å². The normalized spacial score (nSPS) is 21.9. The van der Waals surface area contributed by atoms with E-state index in [1.807, 2.05) is 6.07 Å². The third kappa shape index (κ3) is 3.09. The van der Waals surface area contributed by atoms with Gasteiger partial charge in [-0.05, 0) is 31.5 Å². The fourth-order valence-electron chi connectivity index (χ4n) is 2.55. The minimum absolute atomic E-state index is 0.473. The summed E-state index contributed by atoms with van der Waals surface area (Å²) in [6.07, 6.45) is 1.11. The summed E-state index contributed by atoms with van der Waals surface area (Å²) in [5.41, 5.74) is 1.36. The lowest BCUT2D eigenvalue weighted by Gasteiger charge is -2.20. The standard InChI is InChI=1S/C14H20N2O2/c1-15-13(14(17)18)10-16-8-7-12(9-16)11-5-3-2-4-6-11/h2-6,12-13,15H,7-10H2,1H3,(H,17,18). The number of nitrogens with zero attached hydrogens (tertiary/aromatic N) is 1. The summed E-state index contributed by atoms with van der Waals surface area (Å²) in [5, 5.41) is 11.9. The highest BCUT2D eigenvalue weighted by Crippen LogP contribution is 2.26. The topological polar surface area (TPSA) is 52.6 Å². The number of aliphatic carboxylic acids is 1. The van der Waals surface area contributed by atoms with Gasteiger partial charge in [0.25, 0.3) is 0 Å². The van der Waals surface area contributed by atoms with Crippen LogP contribution in [0.3, 0.4) is 0 Å². The second-order valence-electron chi connectivity index (χ2n) is 4.84. The second-order valence-corrected chi connectivity index (χ2v) is 4.84. The van der Waals surface area contributed by atoms with Gasteiger partial charge in [-0.1, -0.05) is 30.3 Å². The fourth-order valence-corrected chi connectivity index (χ4v) is 2.55. The van der Waals surface area contributed by atoms with Gasteiger partial charge in [0.15, 0.2) is 0 Å². The van der Waals surface area contributed by atoms with Gasteiger partial charge < -0.3 is 15.3 Å². The first-order chi connectivity index (χ1) is 8.70. The molecule has 1 fully saturated rings. The Morgan fingerprint density at radius 2 is 2.22 bits per heavy atom.